The summed E-state index contributed by atoms with van der Waals surface area (Å²) >= 11 is 0. The number of halogens is 2. The van der Waals surface area contributed by atoms with Crippen molar-refractivity contribution in [2.45, 2.75) is 25.8 Å². The van der Waals surface area contributed by atoms with Gasteiger partial charge < -0.3 is 37.5 Å². The molecule has 2 amide bonds. The van der Waals surface area contributed by atoms with Crippen molar-refractivity contribution in [1.82, 2.24) is 40.3 Å². The highest BCUT2D eigenvalue weighted by Gasteiger charge is 2.21. The summed E-state index contributed by atoms with van der Waals surface area (Å²) in [4.78, 5) is 41.5. The zero-order valence-electron chi connectivity index (χ0n) is 26.3. The van der Waals surface area contributed by atoms with Crippen molar-refractivity contribution in [1.29, 1.82) is 5.41 Å². The number of aromatic nitrogens is 5. The molecule has 17 heteroatoms. The zero-order valence-corrected chi connectivity index (χ0v) is 26.3. The normalized spacial score (nSPS) is 11.5. The van der Waals surface area contributed by atoms with Gasteiger partial charge in [-0.05, 0) is 48.7 Å². The molecular formula is C32H34F2N12O3. The smallest absolute Gasteiger partial charge is 0.251 e. The van der Waals surface area contributed by atoms with Gasteiger partial charge in [-0.2, -0.15) is 4.39 Å². The fourth-order valence-electron chi connectivity index (χ4n) is 4.87. The first-order valence-electron chi connectivity index (χ1n) is 15.2. The number of carbonyl (C=O) groups is 2. The number of hydrogen-bond acceptors (Lipinski definition) is 10. The lowest BCUT2D eigenvalue weighted by Crippen LogP contribution is -2.45. The van der Waals surface area contributed by atoms with Crippen LogP contribution < -0.4 is 37.5 Å². The molecule has 5 aromatic rings. The summed E-state index contributed by atoms with van der Waals surface area (Å²) in [7, 11) is 0. The van der Waals surface area contributed by atoms with Gasteiger partial charge in [0.2, 0.25) is 17.6 Å². The summed E-state index contributed by atoms with van der Waals surface area (Å²) in [5.74, 6) is -3.10. The van der Waals surface area contributed by atoms with E-state index < -0.39 is 17.7 Å². The molecule has 9 N–H and O–H groups in total. The monoisotopic (exact) mass is 672 g/mol. The molecule has 3 heterocycles. The van der Waals surface area contributed by atoms with Gasteiger partial charge in [-0.25, -0.2) is 24.3 Å². The van der Waals surface area contributed by atoms with Crippen molar-refractivity contribution >= 4 is 34.9 Å². The maximum absolute atomic E-state index is 15.3. The summed E-state index contributed by atoms with van der Waals surface area (Å²) in [5, 5.41) is 18.4. The largest absolute Gasteiger partial charge is 0.436 e. The fourth-order valence-corrected chi connectivity index (χ4v) is 4.87. The summed E-state index contributed by atoms with van der Waals surface area (Å²) < 4.78 is 37.3. The predicted molar refractivity (Wildman–Crippen MR) is 177 cm³/mol. The summed E-state index contributed by atoms with van der Waals surface area (Å²) in [6, 6.07) is 8.54. The van der Waals surface area contributed by atoms with Crippen LogP contribution >= 0.6 is 0 Å². The van der Waals surface area contributed by atoms with Gasteiger partial charge in [0.1, 0.15) is 6.33 Å². The molecule has 1 atom stereocenters. The molecule has 0 unspecified atom stereocenters. The number of carbonyl (C=O) groups excluding carboxylic acids is 2. The Morgan fingerprint density at radius 2 is 1.82 bits per heavy atom. The van der Waals surface area contributed by atoms with Gasteiger partial charge in [0.25, 0.3) is 5.91 Å². The third-order valence-electron chi connectivity index (χ3n) is 7.33. The zero-order chi connectivity index (χ0) is 34.9. The number of anilines is 2. The number of guanidine groups is 1. The van der Waals surface area contributed by atoms with E-state index in [1.54, 1.807) is 22.7 Å². The molecule has 254 valence electrons. The number of hydrogen-bond donors (Lipinski definition) is 7. The molecular weight excluding hydrogens is 638 g/mol. The lowest BCUT2D eigenvalue weighted by molar-refractivity contribution is -0.122. The number of amides is 2. The summed E-state index contributed by atoms with van der Waals surface area (Å²) in [6.45, 7) is 2.57. The summed E-state index contributed by atoms with van der Waals surface area (Å²) in [6.07, 6.45) is 7.98. The van der Waals surface area contributed by atoms with Gasteiger partial charge in [0, 0.05) is 61.1 Å². The van der Waals surface area contributed by atoms with Crippen LogP contribution in [0.2, 0.25) is 0 Å². The van der Waals surface area contributed by atoms with Crippen LogP contribution in [0.1, 0.15) is 29.3 Å². The Kier molecular flexibility index (Phi) is 10.8. The van der Waals surface area contributed by atoms with Crippen molar-refractivity contribution in [2.24, 2.45) is 11.5 Å². The molecule has 49 heavy (non-hydrogen) atoms. The van der Waals surface area contributed by atoms with Crippen LogP contribution in [0.3, 0.4) is 0 Å². The lowest BCUT2D eigenvalue weighted by atomic mass is 10.0. The average molecular weight is 673 g/mol. The minimum Gasteiger partial charge on any atom is -0.436 e. The second-order valence-corrected chi connectivity index (χ2v) is 10.6. The van der Waals surface area contributed by atoms with E-state index in [-0.39, 0.29) is 60.2 Å². The molecule has 0 saturated carbocycles. The number of nitrogens with zero attached hydrogens (tertiary/aromatic N) is 5. The molecule has 0 fully saturated rings. The Hall–Kier alpha value is -6.23. The van der Waals surface area contributed by atoms with Gasteiger partial charge in [-0.15, -0.1) is 0 Å². The summed E-state index contributed by atoms with van der Waals surface area (Å²) in [5.41, 5.74) is 13.5. The number of nitrogens with two attached hydrogens (primary N) is 2. The first kappa shape index (κ1) is 34.1. The van der Waals surface area contributed by atoms with E-state index in [9.17, 15) is 9.59 Å². The standard InChI is InChI=1S/C32H34F2N12O3/c1-2-18-15-19(3-4-20(18)30(47)40-11-12-41-31(48)22(35)7-10-42-32(36)37)45-28-29-43-16-23(46(29)14-13-39-28)21-5-6-24(27(34)26(21)33)49-25-8-9-38-17-44-25/h3-6,8-9,13-17,22H,2,7,10-12,35H2,1H3,(H,39,45)(H,40,47)(H,41,48)(H4,36,37,42)/t22-/m0/s1. The van der Waals surface area contributed by atoms with Gasteiger partial charge >= 0.3 is 0 Å². The van der Waals surface area contributed by atoms with Crippen LogP contribution in [0.15, 0.2) is 67.5 Å². The molecule has 0 aliphatic rings. The van der Waals surface area contributed by atoms with E-state index in [4.69, 9.17) is 21.6 Å². The molecule has 0 aliphatic heterocycles. The first-order valence-corrected chi connectivity index (χ1v) is 15.2. The van der Waals surface area contributed by atoms with Crippen molar-refractivity contribution in [3.63, 3.8) is 0 Å². The van der Waals surface area contributed by atoms with Crippen molar-refractivity contribution in [3.8, 4) is 22.9 Å². The molecule has 0 aliphatic carbocycles. The highest BCUT2D eigenvalue weighted by molar-refractivity contribution is 5.96. The topological polar surface area (TPSA) is 223 Å². The Bertz CT molecular complexity index is 1970. The maximum atomic E-state index is 15.3. The SMILES string of the molecule is CCc1cc(Nc2nccn3c(-c4ccc(Oc5ccncn5)c(F)c4F)cnc23)ccc1C(=O)NCCNC(=O)[C@@H](N)CCNC(=N)N. The van der Waals surface area contributed by atoms with E-state index in [0.717, 1.165) is 5.56 Å². The lowest BCUT2D eigenvalue weighted by Gasteiger charge is -2.14. The quantitative estimate of drug-likeness (QED) is 0.0516. The molecule has 5 rings (SSSR count). The Labute approximate surface area is 279 Å². The molecule has 2 aromatic carbocycles. The van der Waals surface area contributed by atoms with Crippen molar-refractivity contribution in [2.75, 3.05) is 25.0 Å². The third kappa shape index (κ3) is 8.20. The van der Waals surface area contributed by atoms with Crippen LogP contribution in [0.5, 0.6) is 11.6 Å². The number of benzene rings is 2. The predicted octanol–water partition coefficient (Wildman–Crippen LogP) is 2.61. The fraction of sp³-hybridized carbons (Fsp3) is 0.219. The molecule has 3 aromatic heterocycles. The molecule has 0 bridgehead atoms. The Balaban J connectivity index is 1.24. The molecule has 0 spiro atoms. The number of aryl methyl sites for hydroxylation is 1. The number of imidazole rings is 1. The minimum absolute atomic E-state index is 0.0369. The minimum atomic E-state index is -1.18. The molecule has 0 radical (unpaired) electrons. The van der Waals surface area contributed by atoms with Crippen LogP contribution in [0.4, 0.5) is 20.3 Å². The number of fused-ring (bicyclic) bond motifs is 1. The second-order valence-electron chi connectivity index (χ2n) is 10.6. The van der Waals surface area contributed by atoms with Crippen LogP contribution in [-0.2, 0) is 11.2 Å². The maximum Gasteiger partial charge on any atom is 0.251 e. The first-order chi connectivity index (χ1) is 23.7. The molecule has 15 nitrogen and oxygen atoms in total. The van der Waals surface area contributed by atoms with Crippen LogP contribution in [-0.4, -0.2) is 67.8 Å². The Morgan fingerprint density at radius 3 is 2.57 bits per heavy atom. The van der Waals surface area contributed by atoms with E-state index in [1.807, 2.05) is 13.0 Å². The van der Waals surface area contributed by atoms with E-state index >= 15 is 8.78 Å². The number of ether oxygens (including phenoxy) is 1. The van der Waals surface area contributed by atoms with E-state index in [0.29, 0.717) is 35.7 Å². The van der Waals surface area contributed by atoms with E-state index in [1.165, 1.54) is 43.1 Å². The van der Waals surface area contributed by atoms with Gasteiger partial charge in [0.05, 0.1) is 17.9 Å². The highest BCUT2D eigenvalue weighted by atomic mass is 19.2. The van der Waals surface area contributed by atoms with Crippen molar-refractivity contribution < 1.29 is 23.1 Å². The highest BCUT2D eigenvalue weighted by Crippen LogP contribution is 2.33. The number of rotatable bonds is 14. The van der Waals surface area contributed by atoms with Crippen LogP contribution in [0.25, 0.3) is 16.9 Å². The number of nitrogens with one attached hydrogen (secondary N) is 5. The Morgan fingerprint density at radius 1 is 1.00 bits per heavy atom. The van der Waals surface area contributed by atoms with Crippen LogP contribution in [0, 0.1) is 17.0 Å². The second kappa shape index (κ2) is 15.6. The van der Waals surface area contributed by atoms with Gasteiger partial charge in [-0.3, -0.25) is 19.4 Å². The third-order valence-corrected chi connectivity index (χ3v) is 7.33. The average Bonchev–Trinajstić information content (AvgIpc) is 3.53. The van der Waals surface area contributed by atoms with Gasteiger partial charge in [0.15, 0.2) is 29.0 Å². The van der Waals surface area contributed by atoms with E-state index in [2.05, 4.69) is 41.2 Å². The van der Waals surface area contributed by atoms with Crippen molar-refractivity contribution in [3.05, 3.63) is 90.3 Å². The van der Waals surface area contributed by atoms with Gasteiger partial charge in [-0.1, -0.05) is 6.92 Å². The molecule has 0 saturated heterocycles.